The van der Waals surface area contributed by atoms with Crippen molar-refractivity contribution >= 4 is 17.4 Å². The van der Waals surface area contributed by atoms with E-state index in [2.05, 4.69) is 25.3 Å². The number of H-pyrrole nitrogens is 1. The molecule has 5 rings (SSSR count). The SMILES string of the molecule is Cc1cnc2ccc(-c3nc(C(=O)NCC4CC4)c(N)nc3-c3ccc[nH]3)cn12. The monoisotopic (exact) mass is 387 g/mol. The molecule has 0 aliphatic heterocycles. The van der Waals surface area contributed by atoms with Crippen LogP contribution < -0.4 is 11.1 Å². The van der Waals surface area contributed by atoms with E-state index in [0.717, 1.165) is 35.4 Å². The summed E-state index contributed by atoms with van der Waals surface area (Å²) in [4.78, 5) is 29.4. The van der Waals surface area contributed by atoms with Gasteiger partial charge in [-0.15, -0.1) is 0 Å². The van der Waals surface area contributed by atoms with Crippen LogP contribution in [0.5, 0.6) is 0 Å². The number of rotatable bonds is 5. The van der Waals surface area contributed by atoms with Gasteiger partial charge in [-0.1, -0.05) is 0 Å². The van der Waals surface area contributed by atoms with E-state index in [0.29, 0.717) is 23.9 Å². The number of imidazole rings is 1. The zero-order valence-electron chi connectivity index (χ0n) is 16.0. The Kier molecular flexibility index (Phi) is 4.04. The predicted molar refractivity (Wildman–Crippen MR) is 110 cm³/mol. The minimum Gasteiger partial charge on any atom is -0.382 e. The zero-order valence-corrected chi connectivity index (χ0v) is 16.0. The van der Waals surface area contributed by atoms with Gasteiger partial charge in [0.25, 0.3) is 5.91 Å². The summed E-state index contributed by atoms with van der Waals surface area (Å²) in [6.07, 6.45) is 7.90. The molecule has 0 bridgehead atoms. The number of pyridine rings is 1. The van der Waals surface area contributed by atoms with Crippen molar-refractivity contribution in [2.75, 3.05) is 12.3 Å². The average molecular weight is 387 g/mol. The van der Waals surface area contributed by atoms with E-state index in [1.807, 2.05) is 54.2 Å². The molecule has 0 spiro atoms. The summed E-state index contributed by atoms with van der Waals surface area (Å²) in [5.41, 5.74) is 10.9. The van der Waals surface area contributed by atoms with Crippen molar-refractivity contribution in [1.82, 2.24) is 29.7 Å². The van der Waals surface area contributed by atoms with Crippen LogP contribution in [-0.4, -0.2) is 36.8 Å². The Bertz CT molecular complexity index is 1210. The Morgan fingerprint density at radius 2 is 2.14 bits per heavy atom. The molecule has 0 radical (unpaired) electrons. The zero-order chi connectivity index (χ0) is 20.0. The van der Waals surface area contributed by atoms with Gasteiger partial charge in [-0.2, -0.15) is 0 Å². The first-order chi connectivity index (χ1) is 14.1. The van der Waals surface area contributed by atoms with Crippen LogP contribution >= 0.6 is 0 Å². The Morgan fingerprint density at radius 3 is 2.90 bits per heavy atom. The Labute approximate surface area is 167 Å². The quantitative estimate of drug-likeness (QED) is 0.487. The van der Waals surface area contributed by atoms with Crippen molar-refractivity contribution in [2.24, 2.45) is 5.92 Å². The van der Waals surface area contributed by atoms with Gasteiger partial charge < -0.3 is 20.4 Å². The van der Waals surface area contributed by atoms with E-state index >= 15 is 0 Å². The Morgan fingerprint density at radius 1 is 1.28 bits per heavy atom. The van der Waals surface area contributed by atoms with Crippen LogP contribution in [0.2, 0.25) is 0 Å². The first-order valence-corrected chi connectivity index (χ1v) is 9.63. The largest absolute Gasteiger partial charge is 0.382 e. The summed E-state index contributed by atoms with van der Waals surface area (Å²) in [6, 6.07) is 7.64. The molecule has 29 heavy (non-hydrogen) atoms. The third kappa shape index (κ3) is 3.22. The Balaban J connectivity index is 1.64. The van der Waals surface area contributed by atoms with Crippen LogP contribution in [0.3, 0.4) is 0 Å². The van der Waals surface area contributed by atoms with E-state index in [-0.39, 0.29) is 17.4 Å². The van der Waals surface area contributed by atoms with Gasteiger partial charge in [0.2, 0.25) is 0 Å². The highest BCUT2D eigenvalue weighted by Crippen LogP contribution is 2.31. The van der Waals surface area contributed by atoms with Gasteiger partial charge in [0.1, 0.15) is 17.0 Å². The molecular weight excluding hydrogens is 366 g/mol. The van der Waals surface area contributed by atoms with Crippen molar-refractivity contribution in [3.63, 3.8) is 0 Å². The molecule has 4 aromatic heterocycles. The molecule has 1 amide bonds. The number of aromatic nitrogens is 5. The number of amides is 1. The lowest BCUT2D eigenvalue weighted by Crippen LogP contribution is -2.28. The van der Waals surface area contributed by atoms with E-state index < -0.39 is 0 Å². The van der Waals surface area contributed by atoms with Crippen LogP contribution in [0.1, 0.15) is 29.0 Å². The molecule has 1 aliphatic carbocycles. The Hall–Kier alpha value is -3.68. The first-order valence-electron chi connectivity index (χ1n) is 9.63. The van der Waals surface area contributed by atoms with Crippen LogP contribution in [0.4, 0.5) is 5.82 Å². The van der Waals surface area contributed by atoms with Crippen LogP contribution in [0.25, 0.3) is 28.3 Å². The second-order valence-electron chi connectivity index (χ2n) is 7.44. The molecule has 8 heteroatoms. The second kappa shape index (κ2) is 6.73. The maximum Gasteiger partial charge on any atom is 0.273 e. The van der Waals surface area contributed by atoms with Crippen LogP contribution in [0.15, 0.2) is 42.9 Å². The molecule has 4 heterocycles. The minimum atomic E-state index is -0.291. The number of aromatic amines is 1. The summed E-state index contributed by atoms with van der Waals surface area (Å²) in [5, 5.41) is 2.92. The smallest absolute Gasteiger partial charge is 0.273 e. The maximum absolute atomic E-state index is 12.7. The predicted octanol–water partition coefficient (Wildman–Crippen LogP) is 2.82. The highest BCUT2D eigenvalue weighted by Gasteiger charge is 2.24. The third-order valence-corrected chi connectivity index (χ3v) is 5.20. The standard InChI is InChI=1S/C21H21N7O/c1-12-9-24-16-7-6-14(11-28(12)16)17-18(15-3-2-8-23-15)27-20(22)19(26-17)21(29)25-10-13-4-5-13/h2-3,6-9,11,13,23H,4-5,10H2,1H3,(H2,22,27)(H,25,29). The summed E-state index contributed by atoms with van der Waals surface area (Å²) in [7, 11) is 0. The fourth-order valence-corrected chi connectivity index (χ4v) is 3.37. The number of carbonyl (C=O) groups excluding carboxylic acids is 1. The summed E-state index contributed by atoms with van der Waals surface area (Å²) < 4.78 is 1.98. The van der Waals surface area contributed by atoms with Crippen molar-refractivity contribution in [3.8, 4) is 22.6 Å². The number of aryl methyl sites for hydroxylation is 1. The van der Waals surface area contributed by atoms with Crippen LogP contribution in [-0.2, 0) is 0 Å². The van der Waals surface area contributed by atoms with Crippen molar-refractivity contribution < 1.29 is 4.79 Å². The first kappa shape index (κ1) is 17.4. The van der Waals surface area contributed by atoms with Gasteiger partial charge in [-0.25, -0.2) is 15.0 Å². The topological polar surface area (TPSA) is 114 Å². The summed E-state index contributed by atoms with van der Waals surface area (Å²) in [5.74, 6) is 0.394. The van der Waals surface area contributed by atoms with E-state index in [1.54, 1.807) is 0 Å². The van der Waals surface area contributed by atoms with Crippen LogP contribution in [0, 0.1) is 12.8 Å². The number of hydrogen-bond acceptors (Lipinski definition) is 5. The van der Waals surface area contributed by atoms with E-state index in [4.69, 9.17) is 5.73 Å². The molecule has 0 saturated heterocycles. The number of anilines is 1. The molecule has 1 saturated carbocycles. The number of hydrogen-bond donors (Lipinski definition) is 3. The van der Waals surface area contributed by atoms with Gasteiger partial charge in [0.15, 0.2) is 11.5 Å². The van der Waals surface area contributed by atoms with Gasteiger partial charge in [0.05, 0.1) is 5.69 Å². The highest BCUT2D eigenvalue weighted by atomic mass is 16.1. The third-order valence-electron chi connectivity index (χ3n) is 5.20. The molecule has 0 atom stereocenters. The summed E-state index contributed by atoms with van der Waals surface area (Å²) >= 11 is 0. The lowest BCUT2D eigenvalue weighted by molar-refractivity contribution is 0.0947. The number of fused-ring (bicyclic) bond motifs is 1. The molecule has 8 nitrogen and oxygen atoms in total. The summed E-state index contributed by atoms with van der Waals surface area (Å²) in [6.45, 7) is 2.63. The highest BCUT2D eigenvalue weighted by molar-refractivity contribution is 5.97. The fourth-order valence-electron chi connectivity index (χ4n) is 3.37. The lowest BCUT2D eigenvalue weighted by atomic mass is 10.1. The molecule has 0 unspecified atom stereocenters. The number of nitrogens with one attached hydrogen (secondary N) is 2. The van der Waals surface area contributed by atoms with Gasteiger partial charge in [0, 0.05) is 36.4 Å². The molecule has 146 valence electrons. The number of nitrogens with zero attached hydrogens (tertiary/aromatic N) is 4. The normalized spacial score (nSPS) is 13.7. The maximum atomic E-state index is 12.7. The van der Waals surface area contributed by atoms with Crippen molar-refractivity contribution in [3.05, 3.63) is 54.2 Å². The van der Waals surface area contributed by atoms with Gasteiger partial charge >= 0.3 is 0 Å². The fraction of sp³-hybridized carbons (Fsp3) is 0.238. The lowest BCUT2D eigenvalue weighted by Gasteiger charge is -2.13. The molecule has 1 fully saturated rings. The van der Waals surface area contributed by atoms with E-state index in [1.165, 1.54) is 0 Å². The number of nitrogen functional groups attached to an aromatic ring is 1. The second-order valence-corrected chi connectivity index (χ2v) is 7.44. The number of carbonyl (C=O) groups is 1. The van der Waals surface area contributed by atoms with Gasteiger partial charge in [-0.3, -0.25) is 4.79 Å². The minimum absolute atomic E-state index is 0.117. The van der Waals surface area contributed by atoms with Gasteiger partial charge in [-0.05, 0) is 49.9 Å². The molecule has 4 aromatic rings. The van der Waals surface area contributed by atoms with Crippen molar-refractivity contribution in [1.29, 1.82) is 0 Å². The molecular formula is C21H21N7O. The average Bonchev–Trinajstić information content (AvgIpc) is 3.25. The number of nitrogens with two attached hydrogens (primary N) is 1. The van der Waals surface area contributed by atoms with E-state index in [9.17, 15) is 4.79 Å². The molecule has 1 aliphatic rings. The van der Waals surface area contributed by atoms with Crippen molar-refractivity contribution in [2.45, 2.75) is 19.8 Å². The molecule has 4 N–H and O–H groups in total. The molecule has 0 aromatic carbocycles.